The van der Waals surface area contributed by atoms with Gasteiger partial charge in [0, 0.05) is 24.2 Å². The van der Waals surface area contributed by atoms with Gasteiger partial charge in [0.15, 0.2) is 0 Å². The van der Waals surface area contributed by atoms with Crippen LogP contribution in [0.1, 0.15) is 43.2 Å². The van der Waals surface area contributed by atoms with Crippen LogP contribution in [0.5, 0.6) is 0 Å². The summed E-state index contributed by atoms with van der Waals surface area (Å²) in [5.74, 6) is 0.708. The number of hydrogen-bond donors (Lipinski definition) is 2. The summed E-state index contributed by atoms with van der Waals surface area (Å²) in [6.45, 7) is 0. The zero-order valence-electron chi connectivity index (χ0n) is 14.8. The van der Waals surface area contributed by atoms with E-state index < -0.39 is 0 Å². The van der Waals surface area contributed by atoms with Crippen molar-refractivity contribution in [3.63, 3.8) is 0 Å². The first kappa shape index (κ1) is 17.6. The van der Waals surface area contributed by atoms with Gasteiger partial charge in [-0.05, 0) is 72.4 Å². The molecule has 0 saturated carbocycles. The SMILES string of the molecule is Cl.O=C(CC1CC2CCC(C1)N2)Nc1ccc2c(c1)Cc1ccccc1-2. The third-order valence-electron chi connectivity index (χ3n) is 6.12. The molecular formula is C22H25ClN2O. The fraction of sp³-hybridized carbons (Fsp3) is 0.409. The van der Waals surface area contributed by atoms with Crippen LogP contribution in [0, 0.1) is 5.92 Å². The molecular weight excluding hydrogens is 344 g/mol. The molecule has 1 amide bonds. The second-order valence-corrected chi connectivity index (χ2v) is 7.93. The molecule has 2 atom stereocenters. The van der Waals surface area contributed by atoms with Crippen LogP contribution in [0.25, 0.3) is 11.1 Å². The standard InChI is InChI=1S/C22H24N2O.ClH/c25-22(11-14-9-17-5-6-18(10-14)23-17)24-19-7-8-21-16(13-19)12-15-3-1-2-4-20(15)21;/h1-4,7-8,13-14,17-18,23H,5-6,9-12H2,(H,24,25);1H. The van der Waals surface area contributed by atoms with Crippen LogP contribution in [0.15, 0.2) is 42.5 Å². The fourth-order valence-corrected chi connectivity index (χ4v) is 5.04. The molecule has 136 valence electrons. The zero-order valence-corrected chi connectivity index (χ0v) is 15.6. The van der Waals surface area contributed by atoms with Gasteiger partial charge >= 0.3 is 0 Å². The molecule has 3 aliphatic rings. The average molecular weight is 369 g/mol. The highest BCUT2D eigenvalue weighted by Gasteiger charge is 2.34. The largest absolute Gasteiger partial charge is 0.326 e. The minimum atomic E-state index is 0. The molecule has 4 heteroatoms. The van der Waals surface area contributed by atoms with Gasteiger partial charge in [0.2, 0.25) is 5.91 Å². The summed E-state index contributed by atoms with van der Waals surface area (Å²) in [6, 6.07) is 16.2. The summed E-state index contributed by atoms with van der Waals surface area (Å²) >= 11 is 0. The molecule has 2 fully saturated rings. The van der Waals surface area contributed by atoms with Gasteiger partial charge in [-0.15, -0.1) is 12.4 Å². The minimum Gasteiger partial charge on any atom is -0.326 e. The van der Waals surface area contributed by atoms with Gasteiger partial charge in [-0.1, -0.05) is 30.3 Å². The monoisotopic (exact) mass is 368 g/mol. The molecule has 0 radical (unpaired) electrons. The first-order chi connectivity index (χ1) is 12.2. The van der Waals surface area contributed by atoms with Crippen LogP contribution in [0.4, 0.5) is 5.69 Å². The van der Waals surface area contributed by atoms with Gasteiger partial charge in [0.1, 0.15) is 0 Å². The summed E-state index contributed by atoms with van der Waals surface area (Å²) in [7, 11) is 0. The Morgan fingerprint density at radius 1 is 1.00 bits per heavy atom. The second kappa shape index (κ2) is 7.05. The van der Waals surface area contributed by atoms with Crippen molar-refractivity contribution in [1.29, 1.82) is 0 Å². The van der Waals surface area contributed by atoms with Crippen molar-refractivity contribution >= 4 is 24.0 Å². The van der Waals surface area contributed by atoms with Crippen LogP contribution in [-0.4, -0.2) is 18.0 Å². The summed E-state index contributed by atoms with van der Waals surface area (Å²) in [5, 5.41) is 6.78. The van der Waals surface area contributed by atoms with Crippen LogP contribution in [0.3, 0.4) is 0 Å². The molecule has 26 heavy (non-hydrogen) atoms. The number of nitrogens with one attached hydrogen (secondary N) is 2. The maximum atomic E-state index is 12.5. The molecule has 2 N–H and O–H groups in total. The van der Waals surface area contributed by atoms with E-state index in [1.807, 2.05) is 6.07 Å². The molecule has 2 bridgehead atoms. The molecule has 3 nitrogen and oxygen atoms in total. The number of anilines is 1. The van der Waals surface area contributed by atoms with Crippen LogP contribution in [-0.2, 0) is 11.2 Å². The quantitative estimate of drug-likeness (QED) is 0.712. The van der Waals surface area contributed by atoms with Crippen molar-refractivity contribution in [1.82, 2.24) is 5.32 Å². The molecule has 2 aromatic carbocycles. The lowest BCUT2D eigenvalue weighted by Crippen LogP contribution is -2.39. The Balaban J connectivity index is 0.00000168. The predicted octanol–water partition coefficient (Wildman–Crippen LogP) is 4.54. The second-order valence-electron chi connectivity index (χ2n) is 7.93. The lowest BCUT2D eigenvalue weighted by molar-refractivity contribution is -0.117. The topological polar surface area (TPSA) is 41.1 Å². The molecule has 5 rings (SSSR count). The van der Waals surface area contributed by atoms with Gasteiger partial charge in [-0.25, -0.2) is 0 Å². The van der Waals surface area contributed by atoms with Crippen molar-refractivity contribution in [3.8, 4) is 11.1 Å². The van der Waals surface area contributed by atoms with E-state index in [0.717, 1.165) is 24.9 Å². The number of benzene rings is 2. The van der Waals surface area contributed by atoms with E-state index in [2.05, 4.69) is 47.0 Å². The molecule has 0 aromatic heterocycles. The van der Waals surface area contributed by atoms with Crippen molar-refractivity contribution in [3.05, 3.63) is 53.6 Å². The number of halogens is 1. The van der Waals surface area contributed by atoms with Crippen molar-refractivity contribution in [2.45, 2.75) is 50.6 Å². The van der Waals surface area contributed by atoms with Crippen LogP contribution in [0.2, 0.25) is 0 Å². The number of rotatable bonds is 3. The average Bonchev–Trinajstić information content (AvgIpc) is 3.13. The summed E-state index contributed by atoms with van der Waals surface area (Å²) in [6.07, 6.45) is 6.51. The van der Waals surface area contributed by atoms with E-state index in [1.54, 1.807) is 0 Å². The zero-order chi connectivity index (χ0) is 16.8. The Bertz CT molecular complexity index is 823. The number of carbonyl (C=O) groups is 1. The summed E-state index contributed by atoms with van der Waals surface area (Å²) in [5.41, 5.74) is 6.28. The lowest BCUT2D eigenvalue weighted by Gasteiger charge is -2.28. The number of carbonyl (C=O) groups excluding carboxylic acids is 1. The Morgan fingerprint density at radius 2 is 1.73 bits per heavy atom. The van der Waals surface area contributed by atoms with E-state index in [1.165, 1.54) is 35.1 Å². The van der Waals surface area contributed by atoms with E-state index >= 15 is 0 Å². The molecule has 2 aliphatic heterocycles. The Morgan fingerprint density at radius 3 is 2.54 bits per heavy atom. The Labute approximate surface area is 161 Å². The summed E-state index contributed by atoms with van der Waals surface area (Å²) < 4.78 is 0. The highest BCUT2D eigenvalue weighted by Crippen LogP contribution is 2.38. The first-order valence-corrected chi connectivity index (χ1v) is 9.52. The summed E-state index contributed by atoms with van der Waals surface area (Å²) in [4.78, 5) is 12.5. The highest BCUT2D eigenvalue weighted by atomic mass is 35.5. The van der Waals surface area contributed by atoms with Crippen molar-refractivity contribution in [2.24, 2.45) is 5.92 Å². The Hall–Kier alpha value is -1.84. The Kier molecular flexibility index (Phi) is 4.76. The minimum absolute atomic E-state index is 0. The molecule has 0 spiro atoms. The van der Waals surface area contributed by atoms with Crippen LogP contribution < -0.4 is 10.6 Å². The van der Waals surface area contributed by atoms with Gasteiger partial charge in [-0.3, -0.25) is 4.79 Å². The van der Waals surface area contributed by atoms with Gasteiger partial charge in [-0.2, -0.15) is 0 Å². The molecule has 2 aromatic rings. The van der Waals surface area contributed by atoms with Crippen molar-refractivity contribution < 1.29 is 4.79 Å². The van der Waals surface area contributed by atoms with E-state index in [4.69, 9.17) is 0 Å². The van der Waals surface area contributed by atoms with Crippen LogP contribution >= 0.6 is 12.4 Å². The normalized spacial score (nSPS) is 25.2. The predicted molar refractivity (Wildman–Crippen MR) is 108 cm³/mol. The van der Waals surface area contributed by atoms with Gasteiger partial charge in [0.05, 0.1) is 0 Å². The van der Waals surface area contributed by atoms with Crippen molar-refractivity contribution in [2.75, 3.05) is 5.32 Å². The van der Waals surface area contributed by atoms with E-state index in [9.17, 15) is 4.79 Å². The van der Waals surface area contributed by atoms with Gasteiger partial charge < -0.3 is 10.6 Å². The smallest absolute Gasteiger partial charge is 0.224 e. The molecule has 2 heterocycles. The molecule has 2 unspecified atom stereocenters. The fourth-order valence-electron chi connectivity index (χ4n) is 5.04. The number of amides is 1. The van der Waals surface area contributed by atoms with E-state index in [-0.39, 0.29) is 18.3 Å². The maximum absolute atomic E-state index is 12.5. The third-order valence-corrected chi connectivity index (χ3v) is 6.12. The third kappa shape index (κ3) is 3.26. The first-order valence-electron chi connectivity index (χ1n) is 9.52. The number of piperidine rings is 1. The lowest BCUT2D eigenvalue weighted by atomic mass is 9.89. The molecule has 2 saturated heterocycles. The number of hydrogen-bond acceptors (Lipinski definition) is 2. The van der Waals surface area contributed by atoms with Gasteiger partial charge in [0.25, 0.3) is 0 Å². The highest BCUT2D eigenvalue weighted by molar-refractivity contribution is 5.92. The maximum Gasteiger partial charge on any atom is 0.224 e. The number of fused-ring (bicyclic) bond motifs is 5. The molecule has 1 aliphatic carbocycles. The van der Waals surface area contributed by atoms with E-state index in [0.29, 0.717) is 24.4 Å².